The summed E-state index contributed by atoms with van der Waals surface area (Å²) in [6.45, 7) is 2.19. The Morgan fingerprint density at radius 1 is 1.38 bits per heavy atom. The predicted octanol–water partition coefficient (Wildman–Crippen LogP) is 0.557. The highest BCUT2D eigenvalue weighted by molar-refractivity contribution is 5.83. The van der Waals surface area contributed by atoms with Crippen LogP contribution in [0, 0.1) is 16.7 Å². The first-order chi connectivity index (χ1) is 7.48. The molecule has 3 N–H and O–H groups in total. The largest absolute Gasteiger partial charge is 0.369 e. The number of nitrogens with one attached hydrogen (secondary N) is 1. The number of fused-ring (bicyclic) bond motifs is 1. The van der Waals surface area contributed by atoms with Crippen LogP contribution in [-0.2, 0) is 9.59 Å². The molecule has 4 atom stereocenters. The maximum Gasteiger partial charge on any atom is 0.223 e. The van der Waals surface area contributed by atoms with Crippen molar-refractivity contribution in [3.63, 3.8) is 0 Å². The Bertz CT molecular complexity index is 383. The lowest BCUT2D eigenvalue weighted by Crippen LogP contribution is -2.41. The van der Waals surface area contributed by atoms with Crippen molar-refractivity contribution in [2.45, 2.75) is 44.6 Å². The number of hydrogen-bond acceptors (Lipinski definition) is 2. The zero-order valence-corrected chi connectivity index (χ0v) is 9.58. The summed E-state index contributed by atoms with van der Waals surface area (Å²) in [5.74, 6) is 0.372. The van der Waals surface area contributed by atoms with Gasteiger partial charge < -0.3 is 11.1 Å². The van der Waals surface area contributed by atoms with Crippen molar-refractivity contribution >= 4 is 12.3 Å². The highest BCUT2D eigenvalue weighted by atomic mass is 16.1. The monoisotopic (exact) mass is 222 g/mol. The minimum atomic E-state index is -0.341. The Morgan fingerprint density at radius 3 is 2.75 bits per heavy atom. The molecular formula is C12H18N2O2. The van der Waals surface area contributed by atoms with E-state index in [2.05, 4.69) is 12.2 Å². The second-order valence-electron chi connectivity index (χ2n) is 6.31. The van der Waals surface area contributed by atoms with Crippen LogP contribution in [0.1, 0.15) is 39.0 Å². The molecule has 3 rings (SSSR count). The van der Waals surface area contributed by atoms with Crippen molar-refractivity contribution in [2.24, 2.45) is 22.5 Å². The fourth-order valence-corrected chi connectivity index (χ4v) is 4.84. The number of rotatable bonds is 3. The molecule has 3 aliphatic carbocycles. The lowest BCUT2D eigenvalue weighted by atomic mass is 9.67. The number of amides is 2. The molecule has 4 nitrogen and oxygen atoms in total. The maximum atomic E-state index is 11.7. The molecule has 3 aliphatic rings. The van der Waals surface area contributed by atoms with Crippen molar-refractivity contribution in [3.05, 3.63) is 0 Å². The van der Waals surface area contributed by atoms with Gasteiger partial charge in [-0.1, -0.05) is 6.92 Å². The summed E-state index contributed by atoms with van der Waals surface area (Å²) in [4.78, 5) is 22.4. The van der Waals surface area contributed by atoms with Crippen LogP contribution >= 0.6 is 0 Å². The Hall–Kier alpha value is -1.06. The zero-order chi connectivity index (χ0) is 11.6. The van der Waals surface area contributed by atoms with E-state index in [9.17, 15) is 9.59 Å². The Morgan fingerprint density at radius 2 is 2.12 bits per heavy atom. The first-order valence-corrected chi connectivity index (χ1v) is 5.99. The van der Waals surface area contributed by atoms with Crippen LogP contribution in [0.25, 0.3) is 0 Å². The third-order valence-corrected chi connectivity index (χ3v) is 5.18. The van der Waals surface area contributed by atoms with Crippen molar-refractivity contribution in [1.82, 2.24) is 5.32 Å². The van der Waals surface area contributed by atoms with Crippen LogP contribution in [-0.4, -0.2) is 17.9 Å². The molecule has 0 aromatic carbocycles. The standard InChI is InChI=1S/C12H18N2O2/c1-8-2-10(9(13)16)4-11(3-8)6-12(11,5-10)14-7-15/h7-8H,2-6H2,1H3,(H2,13,16)(H,14,15). The molecule has 2 amide bonds. The first kappa shape index (κ1) is 10.1. The summed E-state index contributed by atoms with van der Waals surface area (Å²) >= 11 is 0. The lowest BCUT2D eigenvalue weighted by Gasteiger charge is -2.36. The molecular weight excluding hydrogens is 204 g/mol. The molecule has 0 radical (unpaired) electrons. The summed E-state index contributed by atoms with van der Waals surface area (Å²) in [5, 5.41) is 2.97. The molecule has 4 heteroatoms. The summed E-state index contributed by atoms with van der Waals surface area (Å²) in [5.41, 5.74) is 5.32. The highest BCUT2D eigenvalue weighted by Gasteiger charge is 2.78. The summed E-state index contributed by atoms with van der Waals surface area (Å²) in [6, 6.07) is 0. The molecule has 2 bridgehead atoms. The smallest absolute Gasteiger partial charge is 0.223 e. The summed E-state index contributed by atoms with van der Waals surface area (Å²) in [7, 11) is 0. The van der Waals surface area contributed by atoms with E-state index in [-0.39, 0.29) is 22.3 Å². The van der Waals surface area contributed by atoms with E-state index < -0.39 is 0 Å². The van der Waals surface area contributed by atoms with Gasteiger partial charge in [-0.15, -0.1) is 0 Å². The Labute approximate surface area is 94.9 Å². The predicted molar refractivity (Wildman–Crippen MR) is 58.2 cm³/mol. The molecule has 4 unspecified atom stereocenters. The average molecular weight is 222 g/mol. The van der Waals surface area contributed by atoms with Gasteiger partial charge in [0.05, 0.1) is 5.41 Å². The number of carbonyl (C=O) groups excluding carboxylic acids is 2. The van der Waals surface area contributed by atoms with E-state index in [0.29, 0.717) is 5.92 Å². The van der Waals surface area contributed by atoms with Gasteiger partial charge in [0.15, 0.2) is 0 Å². The van der Waals surface area contributed by atoms with Gasteiger partial charge in [0.1, 0.15) is 0 Å². The Balaban J connectivity index is 1.97. The van der Waals surface area contributed by atoms with E-state index in [1.165, 1.54) is 0 Å². The van der Waals surface area contributed by atoms with Gasteiger partial charge >= 0.3 is 0 Å². The van der Waals surface area contributed by atoms with Gasteiger partial charge in [-0.25, -0.2) is 0 Å². The Kier molecular flexibility index (Phi) is 1.65. The maximum absolute atomic E-state index is 11.7. The molecule has 16 heavy (non-hydrogen) atoms. The van der Waals surface area contributed by atoms with Crippen molar-refractivity contribution in [2.75, 3.05) is 0 Å². The summed E-state index contributed by atoms with van der Waals surface area (Å²) in [6.07, 6.45) is 5.50. The van der Waals surface area contributed by atoms with Gasteiger partial charge in [0.25, 0.3) is 0 Å². The van der Waals surface area contributed by atoms with E-state index in [1.807, 2.05) is 0 Å². The molecule has 3 saturated carbocycles. The molecule has 1 spiro atoms. The van der Waals surface area contributed by atoms with Gasteiger partial charge in [0.2, 0.25) is 12.3 Å². The fraction of sp³-hybridized carbons (Fsp3) is 0.833. The lowest BCUT2D eigenvalue weighted by molar-refractivity contribution is -0.130. The minimum Gasteiger partial charge on any atom is -0.369 e. The third kappa shape index (κ3) is 0.955. The average Bonchev–Trinajstić information content (AvgIpc) is 2.62. The molecule has 0 aliphatic heterocycles. The highest BCUT2D eigenvalue weighted by Crippen LogP contribution is 2.77. The topological polar surface area (TPSA) is 72.2 Å². The normalized spacial score (nSPS) is 52.9. The SMILES string of the molecule is CC1CC2(C(N)=O)CC3(C1)CC3(NC=O)C2. The van der Waals surface area contributed by atoms with Gasteiger partial charge in [-0.3, -0.25) is 9.59 Å². The van der Waals surface area contributed by atoms with E-state index in [4.69, 9.17) is 5.73 Å². The minimum absolute atomic E-state index is 0.103. The van der Waals surface area contributed by atoms with Crippen molar-refractivity contribution < 1.29 is 9.59 Å². The molecule has 3 fully saturated rings. The zero-order valence-electron chi connectivity index (χ0n) is 9.58. The van der Waals surface area contributed by atoms with Crippen LogP contribution in [0.15, 0.2) is 0 Å². The van der Waals surface area contributed by atoms with E-state index in [0.717, 1.165) is 38.5 Å². The van der Waals surface area contributed by atoms with Crippen LogP contribution in [0.4, 0.5) is 0 Å². The van der Waals surface area contributed by atoms with Gasteiger partial charge in [0, 0.05) is 5.54 Å². The molecule has 0 heterocycles. The number of primary amides is 1. The quantitative estimate of drug-likeness (QED) is 0.685. The number of nitrogens with two attached hydrogens (primary N) is 1. The second kappa shape index (κ2) is 2.60. The van der Waals surface area contributed by atoms with Crippen molar-refractivity contribution in [1.29, 1.82) is 0 Å². The van der Waals surface area contributed by atoms with Crippen LogP contribution < -0.4 is 11.1 Å². The summed E-state index contributed by atoms with van der Waals surface area (Å²) < 4.78 is 0. The van der Waals surface area contributed by atoms with Gasteiger partial charge in [-0.05, 0) is 43.4 Å². The molecule has 0 aromatic rings. The third-order valence-electron chi connectivity index (χ3n) is 5.18. The molecule has 88 valence electrons. The second-order valence-corrected chi connectivity index (χ2v) is 6.31. The van der Waals surface area contributed by atoms with Gasteiger partial charge in [-0.2, -0.15) is 0 Å². The first-order valence-electron chi connectivity index (χ1n) is 5.99. The van der Waals surface area contributed by atoms with E-state index >= 15 is 0 Å². The fourth-order valence-electron chi connectivity index (χ4n) is 4.84. The molecule has 0 saturated heterocycles. The van der Waals surface area contributed by atoms with Crippen LogP contribution in [0.2, 0.25) is 0 Å². The van der Waals surface area contributed by atoms with Crippen LogP contribution in [0.5, 0.6) is 0 Å². The van der Waals surface area contributed by atoms with E-state index in [1.54, 1.807) is 0 Å². The van der Waals surface area contributed by atoms with Crippen molar-refractivity contribution in [3.8, 4) is 0 Å². The number of hydrogen-bond donors (Lipinski definition) is 2. The number of carbonyl (C=O) groups is 2. The molecule has 0 aromatic heterocycles. The van der Waals surface area contributed by atoms with Crippen LogP contribution in [0.3, 0.4) is 0 Å².